The van der Waals surface area contributed by atoms with Gasteiger partial charge in [0.25, 0.3) is 5.91 Å². The molecule has 0 N–H and O–H groups in total. The number of anilines is 1. The van der Waals surface area contributed by atoms with E-state index in [1.807, 2.05) is 60.4 Å². The zero-order chi connectivity index (χ0) is 30.8. The number of benzene rings is 2. The van der Waals surface area contributed by atoms with Gasteiger partial charge in [-0.1, -0.05) is 41.9 Å². The highest BCUT2D eigenvalue weighted by Crippen LogP contribution is 2.33. The molecule has 3 fully saturated rings. The highest BCUT2D eigenvalue weighted by atomic mass is 35.5. The quantitative estimate of drug-likeness (QED) is 0.360. The number of carbonyl (C=O) groups is 3. The SMILES string of the molecule is CC(=O)N1CCC(OC(=O)N(CCCN2CC3CN(C(=O)c4nccc5ccccc45)CC3C2)c2ccc(C)c(Cl)c2)CC1. The molecule has 3 saturated heterocycles. The Bertz CT molecular complexity index is 1520. The fraction of sp³-hybridized carbons (Fsp3) is 0.471. The average molecular weight is 618 g/mol. The first-order valence-corrected chi connectivity index (χ1v) is 16.0. The number of piperidine rings is 1. The maximum Gasteiger partial charge on any atom is 0.414 e. The van der Waals surface area contributed by atoms with Gasteiger partial charge in [-0.3, -0.25) is 19.5 Å². The maximum atomic E-state index is 13.4. The molecular formula is C34H40ClN5O4. The average Bonchev–Trinajstić information content (AvgIpc) is 3.60. The van der Waals surface area contributed by atoms with Crippen LogP contribution in [0.3, 0.4) is 0 Å². The maximum absolute atomic E-state index is 13.4. The van der Waals surface area contributed by atoms with Crippen molar-refractivity contribution in [2.45, 2.75) is 39.2 Å². The lowest BCUT2D eigenvalue weighted by molar-refractivity contribution is -0.130. The van der Waals surface area contributed by atoms with E-state index in [9.17, 15) is 14.4 Å². The van der Waals surface area contributed by atoms with Gasteiger partial charge in [0.2, 0.25) is 5.91 Å². The minimum atomic E-state index is -0.374. The summed E-state index contributed by atoms with van der Waals surface area (Å²) in [6, 6.07) is 15.5. The number of ether oxygens (including phenoxy) is 1. The van der Waals surface area contributed by atoms with Crippen molar-refractivity contribution in [3.8, 4) is 0 Å². The lowest BCUT2D eigenvalue weighted by Crippen LogP contribution is -2.43. The molecule has 44 heavy (non-hydrogen) atoms. The molecule has 2 aromatic carbocycles. The Labute approximate surface area is 263 Å². The minimum Gasteiger partial charge on any atom is -0.446 e. The summed E-state index contributed by atoms with van der Waals surface area (Å²) in [6.45, 7) is 9.43. The summed E-state index contributed by atoms with van der Waals surface area (Å²) in [7, 11) is 0. The third-order valence-corrected chi connectivity index (χ3v) is 9.83. The van der Waals surface area contributed by atoms with Gasteiger partial charge in [-0.2, -0.15) is 0 Å². The van der Waals surface area contributed by atoms with Crippen molar-refractivity contribution >= 4 is 46.0 Å². The van der Waals surface area contributed by atoms with E-state index < -0.39 is 0 Å². The number of aryl methyl sites for hydroxylation is 1. The number of halogens is 1. The summed E-state index contributed by atoms with van der Waals surface area (Å²) in [4.78, 5) is 50.9. The molecule has 3 aromatic rings. The predicted molar refractivity (Wildman–Crippen MR) is 171 cm³/mol. The van der Waals surface area contributed by atoms with Crippen LogP contribution in [0.25, 0.3) is 10.8 Å². The summed E-state index contributed by atoms with van der Waals surface area (Å²) in [5.74, 6) is 0.942. The van der Waals surface area contributed by atoms with Crippen molar-refractivity contribution in [3.05, 3.63) is 71.0 Å². The van der Waals surface area contributed by atoms with E-state index in [0.717, 1.165) is 61.2 Å². The Kier molecular flexibility index (Phi) is 9.05. The highest BCUT2D eigenvalue weighted by Gasteiger charge is 2.42. The topological polar surface area (TPSA) is 86.3 Å². The standard InChI is InChI=1S/C34H40ClN5O4/c1-23-8-9-28(18-31(23)35)40(34(43)44-29-11-16-38(17-12-29)24(2)41)15-5-14-37-19-26-21-39(22-27(26)20-37)33(42)32-30-7-4-3-6-25(30)10-13-36-32/h3-4,6-10,13,18,26-27,29H,5,11-12,14-17,19-22H2,1-2H3. The zero-order valence-corrected chi connectivity index (χ0v) is 26.2. The largest absolute Gasteiger partial charge is 0.446 e. The van der Waals surface area contributed by atoms with Gasteiger partial charge in [-0.15, -0.1) is 0 Å². The van der Waals surface area contributed by atoms with Crippen LogP contribution in [-0.4, -0.2) is 96.1 Å². The van der Waals surface area contributed by atoms with Gasteiger partial charge < -0.3 is 19.4 Å². The van der Waals surface area contributed by atoms with Crippen molar-refractivity contribution in [2.24, 2.45) is 11.8 Å². The van der Waals surface area contributed by atoms with Crippen molar-refractivity contribution in [1.82, 2.24) is 19.7 Å². The number of hydrogen-bond acceptors (Lipinski definition) is 6. The van der Waals surface area contributed by atoms with E-state index in [-0.39, 0.29) is 24.0 Å². The molecule has 10 heteroatoms. The number of nitrogens with zero attached hydrogens (tertiary/aromatic N) is 5. The molecule has 4 heterocycles. The molecule has 0 saturated carbocycles. The normalized spacial score (nSPS) is 20.6. The van der Waals surface area contributed by atoms with Crippen molar-refractivity contribution < 1.29 is 19.1 Å². The number of carbonyl (C=O) groups excluding carboxylic acids is 3. The Morgan fingerprint density at radius 1 is 0.977 bits per heavy atom. The van der Waals surface area contributed by atoms with Gasteiger partial charge in [-0.25, -0.2) is 4.79 Å². The van der Waals surface area contributed by atoms with Crippen LogP contribution in [-0.2, 0) is 9.53 Å². The first-order chi connectivity index (χ1) is 21.3. The summed E-state index contributed by atoms with van der Waals surface area (Å²) in [5, 5.41) is 2.54. The molecule has 0 bridgehead atoms. The monoisotopic (exact) mass is 617 g/mol. The number of fused-ring (bicyclic) bond motifs is 2. The van der Waals surface area contributed by atoms with Crippen molar-refractivity contribution in [2.75, 3.05) is 57.3 Å². The first-order valence-electron chi connectivity index (χ1n) is 15.6. The Morgan fingerprint density at radius 2 is 1.70 bits per heavy atom. The molecular weight excluding hydrogens is 578 g/mol. The first kappa shape index (κ1) is 30.3. The van der Waals surface area contributed by atoms with Gasteiger partial charge in [0.05, 0.1) is 0 Å². The second kappa shape index (κ2) is 13.1. The third kappa shape index (κ3) is 6.54. The third-order valence-electron chi connectivity index (χ3n) is 9.42. The lowest BCUT2D eigenvalue weighted by Gasteiger charge is -2.32. The van der Waals surface area contributed by atoms with E-state index in [2.05, 4.69) is 9.88 Å². The number of aromatic nitrogens is 1. The molecule has 0 spiro atoms. The van der Waals surface area contributed by atoms with Crippen LogP contribution >= 0.6 is 11.6 Å². The Balaban J connectivity index is 1.03. The van der Waals surface area contributed by atoms with E-state index in [1.54, 1.807) is 22.9 Å². The summed E-state index contributed by atoms with van der Waals surface area (Å²) in [5.41, 5.74) is 2.21. The number of pyridine rings is 1. The molecule has 9 nitrogen and oxygen atoms in total. The number of hydrogen-bond donors (Lipinski definition) is 0. The van der Waals surface area contributed by atoms with Crippen LogP contribution in [0.2, 0.25) is 5.02 Å². The van der Waals surface area contributed by atoms with Gasteiger partial charge in [0.15, 0.2) is 0 Å². The highest BCUT2D eigenvalue weighted by molar-refractivity contribution is 6.31. The van der Waals surface area contributed by atoms with Crippen LogP contribution in [0.5, 0.6) is 0 Å². The fourth-order valence-corrected chi connectivity index (χ4v) is 7.08. The fourth-order valence-electron chi connectivity index (χ4n) is 6.90. The summed E-state index contributed by atoms with van der Waals surface area (Å²) < 4.78 is 5.94. The second-order valence-corrected chi connectivity index (χ2v) is 12.8. The molecule has 2 atom stereocenters. The van der Waals surface area contributed by atoms with Gasteiger partial charge in [-0.05, 0) is 60.9 Å². The van der Waals surface area contributed by atoms with Gasteiger partial charge >= 0.3 is 6.09 Å². The molecule has 3 aliphatic heterocycles. The van der Waals surface area contributed by atoms with Crippen LogP contribution in [0.4, 0.5) is 10.5 Å². The molecule has 3 amide bonds. The molecule has 2 unspecified atom stereocenters. The Morgan fingerprint density at radius 3 is 2.41 bits per heavy atom. The van der Waals surface area contributed by atoms with Crippen LogP contribution in [0.15, 0.2) is 54.7 Å². The van der Waals surface area contributed by atoms with E-state index >= 15 is 0 Å². The van der Waals surface area contributed by atoms with E-state index in [0.29, 0.717) is 55.0 Å². The van der Waals surface area contributed by atoms with Crippen molar-refractivity contribution in [3.63, 3.8) is 0 Å². The van der Waals surface area contributed by atoms with Gasteiger partial charge in [0, 0.05) is 87.9 Å². The molecule has 0 aliphatic carbocycles. The summed E-state index contributed by atoms with van der Waals surface area (Å²) >= 11 is 6.44. The number of amides is 3. The van der Waals surface area contributed by atoms with E-state index in [1.165, 1.54) is 0 Å². The minimum absolute atomic E-state index is 0.0145. The number of rotatable bonds is 7. The molecule has 232 valence electrons. The molecule has 6 rings (SSSR count). The predicted octanol–water partition coefficient (Wildman–Crippen LogP) is 5.24. The van der Waals surface area contributed by atoms with Crippen LogP contribution in [0, 0.1) is 18.8 Å². The zero-order valence-electron chi connectivity index (χ0n) is 25.5. The molecule has 1 aromatic heterocycles. The second-order valence-electron chi connectivity index (χ2n) is 12.4. The molecule has 3 aliphatic rings. The van der Waals surface area contributed by atoms with Crippen molar-refractivity contribution in [1.29, 1.82) is 0 Å². The smallest absolute Gasteiger partial charge is 0.414 e. The van der Waals surface area contributed by atoms with E-state index in [4.69, 9.17) is 16.3 Å². The van der Waals surface area contributed by atoms with Crippen LogP contribution in [0.1, 0.15) is 42.2 Å². The van der Waals surface area contributed by atoms with Crippen LogP contribution < -0.4 is 4.90 Å². The Hall–Kier alpha value is -3.69. The number of likely N-dealkylation sites (tertiary alicyclic amines) is 3. The van der Waals surface area contributed by atoms with Gasteiger partial charge in [0.1, 0.15) is 11.8 Å². The summed E-state index contributed by atoms with van der Waals surface area (Å²) in [6.07, 6.45) is 3.19. The lowest BCUT2D eigenvalue weighted by atomic mass is 10.0. The molecule has 0 radical (unpaired) electrons.